The summed E-state index contributed by atoms with van der Waals surface area (Å²) in [7, 11) is 0.0562. The predicted octanol–water partition coefficient (Wildman–Crippen LogP) is 2.52. The van der Waals surface area contributed by atoms with Crippen LogP contribution in [0.15, 0.2) is 36.1 Å². The zero-order valence-corrected chi connectivity index (χ0v) is 18.2. The zero-order valence-electron chi connectivity index (χ0n) is 17.4. The Morgan fingerprint density at radius 2 is 1.86 bits per heavy atom. The Balaban J connectivity index is 2.60. The molecule has 0 aromatic carbocycles. The van der Waals surface area contributed by atoms with Gasteiger partial charge in [0.15, 0.2) is 0 Å². The van der Waals surface area contributed by atoms with Gasteiger partial charge in [-0.05, 0) is 57.6 Å². The van der Waals surface area contributed by atoms with E-state index in [0.717, 1.165) is 25.7 Å². The summed E-state index contributed by atoms with van der Waals surface area (Å²) in [5.41, 5.74) is 0.961. The fourth-order valence-electron chi connectivity index (χ4n) is 2.98. The van der Waals surface area contributed by atoms with Crippen LogP contribution in [0.1, 0.15) is 39.5 Å². The monoisotopic (exact) mass is 415 g/mol. The molecule has 0 saturated heterocycles. The summed E-state index contributed by atoms with van der Waals surface area (Å²) in [6, 6.07) is -0.0115. The van der Waals surface area contributed by atoms with E-state index in [1.165, 1.54) is 11.0 Å². The fraction of sp³-hybridized carbons (Fsp3) is 0.650. The highest BCUT2D eigenvalue weighted by Crippen LogP contribution is 2.25. The van der Waals surface area contributed by atoms with Crippen molar-refractivity contribution in [2.75, 3.05) is 27.3 Å². The highest BCUT2D eigenvalue weighted by molar-refractivity contribution is 7.90. The first kappa shape index (κ1) is 24.4. The van der Waals surface area contributed by atoms with Crippen molar-refractivity contribution in [1.82, 2.24) is 14.9 Å². The Bertz CT molecular complexity index is 691. The Morgan fingerprint density at radius 1 is 1.25 bits per heavy atom. The summed E-state index contributed by atoms with van der Waals surface area (Å²) in [4.78, 5) is 13.4. The maximum atomic E-state index is 12.5. The van der Waals surface area contributed by atoms with Crippen LogP contribution in [0.4, 0.5) is 4.39 Å². The van der Waals surface area contributed by atoms with Gasteiger partial charge in [0, 0.05) is 38.0 Å². The first-order chi connectivity index (χ1) is 13.1. The summed E-state index contributed by atoms with van der Waals surface area (Å²) in [6.07, 6.45) is 8.00. The third-order valence-corrected chi connectivity index (χ3v) is 6.69. The van der Waals surface area contributed by atoms with Gasteiger partial charge >= 0.3 is 0 Å². The van der Waals surface area contributed by atoms with Crippen molar-refractivity contribution in [2.45, 2.75) is 50.8 Å². The van der Waals surface area contributed by atoms with Crippen LogP contribution in [0.3, 0.4) is 0 Å². The highest BCUT2D eigenvalue weighted by Gasteiger charge is 2.26. The summed E-state index contributed by atoms with van der Waals surface area (Å²) in [5, 5.41) is 2.84. The highest BCUT2D eigenvalue weighted by atomic mass is 32.2. The Labute approximate surface area is 169 Å². The maximum Gasteiger partial charge on any atom is 0.252 e. The fourth-order valence-corrected chi connectivity index (χ4v) is 3.95. The number of carbonyl (C=O) groups excluding carboxylic acids is 1. The average molecular weight is 416 g/mol. The third kappa shape index (κ3) is 8.14. The van der Waals surface area contributed by atoms with Gasteiger partial charge in [0.25, 0.3) is 5.91 Å². The quantitative estimate of drug-likeness (QED) is 0.425. The first-order valence-electron chi connectivity index (χ1n) is 9.66. The van der Waals surface area contributed by atoms with Crippen molar-refractivity contribution < 1.29 is 17.6 Å². The number of halogens is 1. The standard InChI is InChI=1S/C20H34FN3O3S/c1-15(2)28(26,27)23-18-10-8-17(9-11-18)14-22-19(7-6-12-21)13-16(3)20(25)24(4)5/h6-7,13,15,17-18,22-23H,3,8-12,14H2,1-2,4-5H3/b7-6-,19-13+. The normalized spacial score (nSPS) is 21.1. The van der Waals surface area contributed by atoms with E-state index in [2.05, 4.69) is 16.6 Å². The van der Waals surface area contributed by atoms with Gasteiger partial charge in [-0.2, -0.15) is 0 Å². The zero-order chi connectivity index (χ0) is 21.3. The lowest BCUT2D eigenvalue weighted by Gasteiger charge is -2.30. The topological polar surface area (TPSA) is 78.5 Å². The van der Waals surface area contributed by atoms with Crippen LogP contribution in [0.5, 0.6) is 0 Å². The number of likely N-dealkylation sites (N-methyl/N-ethyl adjacent to an activating group) is 1. The van der Waals surface area contributed by atoms with Crippen molar-refractivity contribution in [3.8, 4) is 0 Å². The first-order valence-corrected chi connectivity index (χ1v) is 11.2. The second-order valence-corrected chi connectivity index (χ2v) is 9.96. The molecule has 8 heteroatoms. The number of nitrogens with one attached hydrogen (secondary N) is 2. The molecule has 0 aliphatic heterocycles. The summed E-state index contributed by atoms with van der Waals surface area (Å²) >= 11 is 0. The molecule has 160 valence electrons. The van der Waals surface area contributed by atoms with E-state index in [-0.39, 0.29) is 11.9 Å². The lowest BCUT2D eigenvalue weighted by Crippen LogP contribution is -2.41. The maximum absolute atomic E-state index is 12.5. The van der Waals surface area contributed by atoms with Gasteiger partial charge in [0.1, 0.15) is 6.67 Å². The van der Waals surface area contributed by atoms with Crippen LogP contribution in [0.2, 0.25) is 0 Å². The van der Waals surface area contributed by atoms with Gasteiger partial charge in [-0.15, -0.1) is 0 Å². The van der Waals surface area contributed by atoms with Crippen molar-refractivity contribution in [2.24, 2.45) is 5.92 Å². The number of nitrogens with zero attached hydrogens (tertiary/aromatic N) is 1. The van der Waals surface area contributed by atoms with Gasteiger partial charge < -0.3 is 10.2 Å². The van der Waals surface area contributed by atoms with Crippen molar-refractivity contribution in [3.63, 3.8) is 0 Å². The number of sulfonamides is 1. The van der Waals surface area contributed by atoms with Gasteiger partial charge in [0.2, 0.25) is 10.0 Å². The number of hydrogen-bond acceptors (Lipinski definition) is 4. The molecule has 1 rings (SSSR count). The van der Waals surface area contributed by atoms with Crippen molar-refractivity contribution in [1.29, 1.82) is 0 Å². The molecule has 1 amide bonds. The molecule has 0 spiro atoms. The molecule has 0 bridgehead atoms. The van der Waals surface area contributed by atoms with E-state index in [1.807, 2.05) is 0 Å². The van der Waals surface area contributed by atoms with E-state index in [1.54, 1.807) is 40.1 Å². The molecule has 1 aliphatic rings. The van der Waals surface area contributed by atoms with E-state index in [4.69, 9.17) is 0 Å². The molecule has 0 aromatic heterocycles. The molecule has 0 unspecified atom stereocenters. The van der Waals surface area contributed by atoms with Crippen molar-refractivity contribution in [3.05, 3.63) is 36.1 Å². The number of rotatable bonds is 10. The number of allylic oxidation sites excluding steroid dienone is 2. The van der Waals surface area contributed by atoms with E-state index >= 15 is 0 Å². The summed E-state index contributed by atoms with van der Waals surface area (Å²) < 4.78 is 39.3. The van der Waals surface area contributed by atoms with Crippen molar-refractivity contribution >= 4 is 15.9 Å². The molecule has 0 aromatic rings. The van der Waals surface area contributed by atoms with E-state index in [9.17, 15) is 17.6 Å². The minimum absolute atomic E-state index is 0.0115. The molecular formula is C20H34FN3O3S. The number of amides is 1. The van der Waals surface area contributed by atoms with Gasteiger partial charge in [0.05, 0.1) is 5.25 Å². The molecule has 0 radical (unpaired) electrons. The number of carbonyl (C=O) groups is 1. The van der Waals surface area contributed by atoms with E-state index < -0.39 is 21.9 Å². The Morgan fingerprint density at radius 3 is 2.36 bits per heavy atom. The lowest BCUT2D eigenvalue weighted by molar-refractivity contribution is -0.124. The molecule has 0 heterocycles. The molecule has 28 heavy (non-hydrogen) atoms. The Hall–Kier alpha value is -1.67. The molecule has 1 aliphatic carbocycles. The molecular weight excluding hydrogens is 381 g/mol. The summed E-state index contributed by atoms with van der Waals surface area (Å²) in [6.45, 7) is 7.21. The second-order valence-electron chi connectivity index (χ2n) is 7.69. The number of alkyl halides is 1. The van der Waals surface area contributed by atoms with Gasteiger partial charge in [-0.25, -0.2) is 17.5 Å². The predicted molar refractivity (Wildman–Crippen MR) is 112 cm³/mol. The second kappa shape index (κ2) is 11.4. The van der Waals surface area contributed by atoms with Crippen LogP contribution in [0, 0.1) is 5.92 Å². The minimum Gasteiger partial charge on any atom is -0.385 e. The Kier molecular flexibility index (Phi) is 9.89. The lowest BCUT2D eigenvalue weighted by atomic mass is 9.86. The smallest absolute Gasteiger partial charge is 0.252 e. The SMILES string of the molecule is C=C(/C=C(\C=C/CF)NCC1CCC(NS(=O)(=O)C(C)C)CC1)C(=O)N(C)C. The van der Waals surface area contributed by atoms with Gasteiger partial charge in [-0.3, -0.25) is 4.79 Å². The van der Waals surface area contributed by atoms with Crippen LogP contribution in [-0.2, 0) is 14.8 Å². The van der Waals surface area contributed by atoms with Crippen LogP contribution in [0.25, 0.3) is 0 Å². The van der Waals surface area contributed by atoms with E-state index in [0.29, 0.717) is 23.7 Å². The molecule has 6 nitrogen and oxygen atoms in total. The van der Waals surface area contributed by atoms with Crippen LogP contribution in [-0.4, -0.2) is 57.8 Å². The average Bonchev–Trinajstić information content (AvgIpc) is 2.63. The van der Waals surface area contributed by atoms with Crippen LogP contribution >= 0.6 is 0 Å². The van der Waals surface area contributed by atoms with Gasteiger partial charge in [-0.1, -0.05) is 12.7 Å². The molecule has 1 fully saturated rings. The van der Waals surface area contributed by atoms with Crippen LogP contribution < -0.4 is 10.0 Å². The molecule has 0 atom stereocenters. The largest absolute Gasteiger partial charge is 0.385 e. The summed E-state index contributed by atoms with van der Waals surface area (Å²) in [5.74, 6) is 0.186. The minimum atomic E-state index is -3.25. The third-order valence-electron chi connectivity index (χ3n) is 4.79. The number of hydrogen-bond donors (Lipinski definition) is 2. The molecule has 2 N–H and O–H groups in total. The molecule has 1 saturated carbocycles.